The average Bonchev–Trinajstić information content (AvgIpc) is 3.19. The first-order chi connectivity index (χ1) is 9.79. The fourth-order valence-corrected chi connectivity index (χ4v) is 3.74. The Morgan fingerprint density at radius 1 is 1.30 bits per heavy atom. The van der Waals surface area contributed by atoms with Crippen molar-refractivity contribution in [2.75, 3.05) is 6.54 Å². The normalized spacial score (nSPS) is 23.6. The SMILES string of the molecule is CCCc1nc(C(=O)N2CCCC2C2CCCC2)n[nH]1. The minimum Gasteiger partial charge on any atom is -0.333 e. The van der Waals surface area contributed by atoms with Gasteiger partial charge in [-0.15, -0.1) is 5.10 Å². The van der Waals surface area contributed by atoms with Gasteiger partial charge < -0.3 is 4.90 Å². The lowest BCUT2D eigenvalue weighted by atomic mass is 9.96. The van der Waals surface area contributed by atoms with E-state index in [1.807, 2.05) is 4.90 Å². The number of hydrogen-bond acceptors (Lipinski definition) is 3. The second-order valence-corrected chi connectivity index (χ2v) is 6.11. The van der Waals surface area contributed by atoms with Gasteiger partial charge in [-0.1, -0.05) is 19.8 Å². The van der Waals surface area contributed by atoms with E-state index in [1.165, 1.54) is 25.7 Å². The van der Waals surface area contributed by atoms with Gasteiger partial charge in [0.1, 0.15) is 5.82 Å². The molecule has 1 N–H and O–H groups in total. The lowest BCUT2D eigenvalue weighted by Gasteiger charge is -2.28. The van der Waals surface area contributed by atoms with Crippen molar-refractivity contribution in [1.29, 1.82) is 0 Å². The van der Waals surface area contributed by atoms with Gasteiger partial charge in [0.05, 0.1) is 0 Å². The lowest BCUT2D eigenvalue weighted by molar-refractivity contribution is 0.0677. The smallest absolute Gasteiger partial charge is 0.293 e. The van der Waals surface area contributed by atoms with Crippen LogP contribution >= 0.6 is 0 Å². The maximum atomic E-state index is 12.6. The molecule has 2 fully saturated rings. The number of nitrogens with zero attached hydrogens (tertiary/aromatic N) is 3. The van der Waals surface area contributed by atoms with Gasteiger partial charge >= 0.3 is 0 Å². The standard InChI is InChI=1S/C15H24N4O/c1-2-6-13-16-14(18-17-13)15(20)19-10-5-9-12(19)11-7-3-4-8-11/h11-12H,2-10H2,1H3,(H,16,17,18). The predicted octanol–water partition coefficient (Wildman–Crippen LogP) is 2.55. The molecule has 2 heterocycles. The molecule has 5 heteroatoms. The number of likely N-dealkylation sites (tertiary alicyclic amines) is 1. The summed E-state index contributed by atoms with van der Waals surface area (Å²) in [6.45, 7) is 2.97. The van der Waals surface area contributed by atoms with Gasteiger partial charge in [-0.25, -0.2) is 4.98 Å². The predicted molar refractivity (Wildman–Crippen MR) is 76.4 cm³/mol. The van der Waals surface area contributed by atoms with Crippen LogP contribution in [0.15, 0.2) is 0 Å². The molecule has 1 amide bonds. The summed E-state index contributed by atoms with van der Waals surface area (Å²) < 4.78 is 0. The molecule has 1 unspecified atom stereocenters. The molecular weight excluding hydrogens is 252 g/mol. The van der Waals surface area contributed by atoms with E-state index in [0.29, 0.717) is 17.8 Å². The molecule has 1 aromatic rings. The van der Waals surface area contributed by atoms with Gasteiger partial charge in [0.2, 0.25) is 5.82 Å². The molecule has 0 aromatic carbocycles. The third kappa shape index (κ3) is 2.58. The summed E-state index contributed by atoms with van der Waals surface area (Å²) in [7, 11) is 0. The van der Waals surface area contributed by atoms with Crippen LogP contribution in [0.3, 0.4) is 0 Å². The summed E-state index contributed by atoms with van der Waals surface area (Å²) in [6, 6.07) is 0.429. The zero-order chi connectivity index (χ0) is 13.9. The number of carbonyl (C=O) groups excluding carboxylic acids is 1. The molecule has 1 aliphatic carbocycles. The molecule has 0 bridgehead atoms. The van der Waals surface area contributed by atoms with Gasteiger partial charge in [-0.2, -0.15) is 0 Å². The van der Waals surface area contributed by atoms with Gasteiger partial charge in [-0.05, 0) is 38.0 Å². The zero-order valence-electron chi connectivity index (χ0n) is 12.3. The van der Waals surface area contributed by atoms with Crippen molar-refractivity contribution in [2.24, 2.45) is 5.92 Å². The van der Waals surface area contributed by atoms with E-state index in [1.54, 1.807) is 0 Å². The first kappa shape index (κ1) is 13.6. The molecule has 1 saturated heterocycles. The molecule has 1 aliphatic heterocycles. The highest BCUT2D eigenvalue weighted by Gasteiger charge is 2.37. The Balaban J connectivity index is 1.71. The maximum absolute atomic E-state index is 12.6. The Bertz CT molecular complexity index is 464. The largest absolute Gasteiger partial charge is 0.333 e. The second kappa shape index (κ2) is 5.94. The molecule has 2 aliphatic rings. The first-order valence-electron chi connectivity index (χ1n) is 8.02. The van der Waals surface area contributed by atoms with Crippen LogP contribution in [0, 0.1) is 5.92 Å². The van der Waals surface area contributed by atoms with E-state index < -0.39 is 0 Å². The number of rotatable bonds is 4. The molecule has 1 aromatic heterocycles. The molecule has 1 saturated carbocycles. The van der Waals surface area contributed by atoms with Crippen molar-refractivity contribution in [1.82, 2.24) is 20.1 Å². The molecule has 110 valence electrons. The topological polar surface area (TPSA) is 61.9 Å². The van der Waals surface area contributed by atoms with Crippen LogP contribution in [0.1, 0.15) is 68.3 Å². The summed E-state index contributed by atoms with van der Waals surface area (Å²) >= 11 is 0. The van der Waals surface area contributed by atoms with E-state index in [0.717, 1.165) is 38.1 Å². The van der Waals surface area contributed by atoms with Crippen LogP contribution in [0.4, 0.5) is 0 Å². The molecule has 0 spiro atoms. The van der Waals surface area contributed by atoms with Gasteiger partial charge in [-0.3, -0.25) is 9.89 Å². The number of aromatic amines is 1. The minimum atomic E-state index is 0.0259. The third-order valence-corrected chi connectivity index (χ3v) is 4.71. The van der Waals surface area contributed by atoms with Crippen molar-refractivity contribution in [3.05, 3.63) is 11.6 Å². The van der Waals surface area contributed by atoms with E-state index in [2.05, 4.69) is 22.1 Å². The fourth-order valence-electron chi connectivity index (χ4n) is 3.74. The van der Waals surface area contributed by atoms with Crippen LogP contribution in [0.25, 0.3) is 0 Å². The van der Waals surface area contributed by atoms with Gasteiger partial charge in [0.15, 0.2) is 0 Å². The number of nitrogens with one attached hydrogen (secondary N) is 1. The van der Waals surface area contributed by atoms with Crippen LogP contribution in [-0.4, -0.2) is 38.6 Å². The van der Waals surface area contributed by atoms with Gasteiger partial charge in [0, 0.05) is 19.0 Å². The van der Waals surface area contributed by atoms with Crippen LogP contribution in [0.2, 0.25) is 0 Å². The number of hydrogen-bond donors (Lipinski definition) is 1. The van der Waals surface area contributed by atoms with Crippen molar-refractivity contribution in [3.63, 3.8) is 0 Å². The number of aromatic nitrogens is 3. The van der Waals surface area contributed by atoms with Crippen molar-refractivity contribution in [2.45, 2.75) is 64.3 Å². The molecule has 5 nitrogen and oxygen atoms in total. The molecule has 0 radical (unpaired) electrons. The summed E-state index contributed by atoms with van der Waals surface area (Å²) in [5.74, 6) is 1.92. The minimum absolute atomic E-state index is 0.0259. The second-order valence-electron chi connectivity index (χ2n) is 6.11. The van der Waals surface area contributed by atoms with E-state index in [4.69, 9.17) is 0 Å². The van der Waals surface area contributed by atoms with Crippen LogP contribution in [0.5, 0.6) is 0 Å². The molecule has 3 rings (SSSR count). The highest BCUT2D eigenvalue weighted by Crippen LogP contribution is 2.35. The summed E-state index contributed by atoms with van der Waals surface area (Å²) in [6.07, 6.45) is 9.35. The molecular formula is C15H24N4O. The Morgan fingerprint density at radius 2 is 2.10 bits per heavy atom. The van der Waals surface area contributed by atoms with E-state index >= 15 is 0 Å². The Morgan fingerprint density at radius 3 is 2.85 bits per heavy atom. The van der Waals surface area contributed by atoms with Crippen molar-refractivity contribution >= 4 is 5.91 Å². The Labute approximate surface area is 120 Å². The van der Waals surface area contributed by atoms with Gasteiger partial charge in [0.25, 0.3) is 5.91 Å². The quantitative estimate of drug-likeness (QED) is 0.919. The van der Waals surface area contributed by atoms with E-state index in [-0.39, 0.29) is 5.91 Å². The highest BCUT2D eigenvalue weighted by molar-refractivity contribution is 5.90. The molecule has 20 heavy (non-hydrogen) atoms. The summed E-state index contributed by atoms with van der Waals surface area (Å²) in [5, 5.41) is 7.00. The van der Waals surface area contributed by atoms with Crippen molar-refractivity contribution < 1.29 is 4.79 Å². The third-order valence-electron chi connectivity index (χ3n) is 4.71. The highest BCUT2D eigenvalue weighted by atomic mass is 16.2. The van der Waals surface area contributed by atoms with Crippen LogP contribution in [-0.2, 0) is 6.42 Å². The number of aryl methyl sites for hydroxylation is 1. The lowest BCUT2D eigenvalue weighted by Crippen LogP contribution is -2.39. The van der Waals surface area contributed by atoms with E-state index in [9.17, 15) is 4.79 Å². The average molecular weight is 276 g/mol. The number of amides is 1. The number of carbonyl (C=O) groups is 1. The Kier molecular flexibility index (Phi) is 4.03. The summed E-state index contributed by atoms with van der Waals surface area (Å²) in [5.41, 5.74) is 0. The molecule has 1 atom stereocenters. The van der Waals surface area contributed by atoms with Crippen molar-refractivity contribution in [3.8, 4) is 0 Å². The first-order valence-corrected chi connectivity index (χ1v) is 8.02. The maximum Gasteiger partial charge on any atom is 0.293 e. The Hall–Kier alpha value is -1.39. The number of H-pyrrole nitrogens is 1. The fraction of sp³-hybridized carbons (Fsp3) is 0.800. The monoisotopic (exact) mass is 276 g/mol. The van der Waals surface area contributed by atoms with Crippen LogP contribution < -0.4 is 0 Å². The summed E-state index contributed by atoms with van der Waals surface area (Å²) in [4.78, 5) is 19.0. The zero-order valence-corrected chi connectivity index (χ0v) is 12.3.